The lowest BCUT2D eigenvalue weighted by Gasteiger charge is -2.12. The Hall–Kier alpha value is -2.33. The molecule has 0 bridgehead atoms. The highest BCUT2D eigenvalue weighted by molar-refractivity contribution is 5.93. The fourth-order valence-electron chi connectivity index (χ4n) is 1.99. The average Bonchev–Trinajstić information content (AvgIpc) is 2.50. The van der Waals surface area contributed by atoms with E-state index in [0.717, 1.165) is 16.9 Å². The quantitative estimate of drug-likeness (QED) is 0.850. The van der Waals surface area contributed by atoms with Crippen molar-refractivity contribution in [1.82, 2.24) is 0 Å². The van der Waals surface area contributed by atoms with Crippen molar-refractivity contribution < 1.29 is 14.3 Å². The van der Waals surface area contributed by atoms with Crippen molar-refractivity contribution in [2.75, 3.05) is 6.61 Å². The maximum atomic E-state index is 11.3. The molecule has 0 saturated carbocycles. The standard InChI is InChI=1S/C17H19NO3/c1-2-21-16-9-8-14(17(18)19)10-15(16)12-20-11-13-6-4-3-5-7-13/h3-10H,2,11-12H2,1H3,(H2,18,19). The Balaban J connectivity index is 2.06. The first kappa shape index (κ1) is 15.1. The monoisotopic (exact) mass is 285 g/mol. The molecule has 0 spiro atoms. The van der Waals surface area contributed by atoms with Crippen LogP contribution in [0, 0.1) is 0 Å². The third-order valence-electron chi connectivity index (χ3n) is 3.01. The maximum Gasteiger partial charge on any atom is 0.248 e. The molecule has 0 atom stereocenters. The summed E-state index contributed by atoms with van der Waals surface area (Å²) in [5.41, 5.74) is 7.68. The van der Waals surface area contributed by atoms with Gasteiger partial charge in [0.25, 0.3) is 0 Å². The van der Waals surface area contributed by atoms with Crippen LogP contribution in [0.4, 0.5) is 0 Å². The summed E-state index contributed by atoms with van der Waals surface area (Å²) in [6, 6.07) is 15.0. The van der Waals surface area contributed by atoms with Crippen LogP contribution in [0.15, 0.2) is 48.5 Å². The van der Waals surface area contributed by atoms with Crippen molar-refractivity contribution in [2.24, 2.45) is 5.73 Å². The molecule has 0 heterocycles. The Morgan fingerprint density at radius 2 is 1.86 bits per heavy atom. The molecule has 2 aromatic carbocycles. The van der Waals surface area contributed by atoms with Crippen molar-refractivity contribution in [3.8, 4) is 5.75 Å². The second-order valence-corrected chi connectivity index (χ2v) is 4.60. The predicted octanol–water partition coefficient (Wildman–Crippen LogP) is 2.90. The Morgan fingerprint density at radius 1 is 1.10 bits per heavy atom. The number of carbonyl (C=O) groups is 1. The van der Waals surface area contributed by atoms with Crippen molar-refractivity contribution in [1.29, 1.82) is 0 Å². The molecule has 0 fully saturated rings. The van der Waals surface area contributed by atoms with E-state index in [1.165, 1.54) is 0 Å². The number of hydrogen-bond donors (Lipinski definition) is 1. The fraction of sp³-hybridized carbons (Fsp3) is 0.235. The van der Waals surface area contributed by atoms with E-state index in [2.05, 4.69) is 0 Å². The summed E-state index contributed by atoms with van der Waals surface area (Å²) in [6.45, 7) is 3.34. The molecule has 2 N–H and O–H groups in total. The van der Waals surface area contributed by atoms with E-state index >= 15 is 0 Å². The lowest BCUT2D eigenvalue weighted by atomic mass is 10.1. The van der Waals surface area contributed by atoms with E-state index in [-0.39, 0.29) is 0 Å². The number of hydrogen-bond acceptors (Lipinski definition) is 3. The van der Waals surface area contributed by atoms with Gasteiger partial charge in [-0.25, -0.2) is 0 Å². The van der Waals surface area contributed by atoms with Gasteiger partial charge in [-0.05, 0) is 30.7 Å². The maximum absolute atomic E-state index is 11.3. The average molecular weight is 285 g/mol. The Morgan fingerprint density at radius 3 is 2.52 bits per heavy atom. The Labute approximate surface area is 124 Å². The van der Waals surface area contributed by atoms with Gasteiger partial charge in [-0.3, -0.25) is 4.79 Å². The number of rotatable bonds is 7. The summed E-state index contributed by atoms with van der Waals surface area (Å²) in [5.74, 6) is 0.262. The Bertz CT molecular complexity index is 596. The van der Waals surface area contributed by atoms with Gasteiger partial charge in [0.1, 0.15) is 5.75 Å². The summed E-state index contributed by atoms with van der Waals surface area (Å²) in [6.07, 6.45) is 0. The summed E-state index contributed by atoms with van der Waals surface area (Å²) in [7, 11) is 0. The largest absolute Gasteiger partial charge is 0.494 e. The summed E-state index contributed by atoms with van der Waals surface area (Å²) >= 11 is 0. The minimum absolute atomic E-state index is 0.366. The lowest BCUT2D eigenvalue weighted by molar-refractivity contribution is 0.0995. The van der Waals surface area contributed by atoms with E-state index in [4.69, 9.17) is 15.2 Å². The van der Waals surface area contributed by atoms with Crippen LogP contribution in [-0.4, -0.2) is 12.5 Å². The van der Waals surface area contributed by atoms with Gasteiger partial charge in [0.05, 0.1) is 19.8 Å². The van der Waals surface area contributed by atoms with E-state index < -0.39 is 5.91 Å². The van der Waals surface area contributed by atoms with E-state index in [1.807, 2.05) is 37.3 Å². The molecule has 1 amide bonds. The normalized spacial score (nSPS) is 10.3. The van der Waals surface area contributed by atoms with Crippen molar-refractivity contribution in [3.05, 3.63) is 65.2 Å². The van der Waals surface area contributed by atoms with Gasteiger partial charge in [-0.2, -0.15) is 0 Å². The number of nitrogens with two attached hydrogens (primary N) is 1. The molecule has 0 saturated heterocycles. The molecule has 0 radical (unpaired) electrons. The number of primary amides is 1. The van der Waals surface area contributed by atoms with E-state index in [9.17, 15) is 4.79 Å². The molecule has 0 unspecified atom stereocenters. The zero-order valence-corrected chi connectivity index (χ0v) is 12.0. The Kier molecular flexibility index (Phi) is 5.35. The molecule has 2 aromatic rings. The summed E-state index contributed by atoms with van der Waals surface area (Å²) < 4.78 is 11.2. The van der Waals surface area contributed by atoms with Crippen LogP contribution in [0.3, 0.4) is 0 Å². The van der Waals surface area contributed by atoms with Gasteiger partial charge in [0, 0.05) is 11.1 Å². The van der Waals surface area contributed by atoms with Crippen LogP contribution in [0.2, 0.25) is 0 Å². The van der Waals surface area contributed by atoms with Crippen molar-refractivity contribution in [3.63, 3.8) is 0 Å². The van der Waals surface area contributed by atoms with Gasteiger partial charge in [-0.15, -0.1) is 0 Å². The summed E-state index contributed by atoms with van der Waals surface area (Å²) in [5, 5.41) is 0. The highest BCUT2D eigenvalue weighted by Gasteiger charge is 2.08. The number of carbonyl (C=O) groups excluding carboxylic acids is 1. The molecule has 0 aliphatic heterocycles. The molecule has 110 valence electrons. The minimum atomic E-state index is -0.456. The van der Waals surface area contributed by atoms with Crippen molar-refractivity contribution in [2.45, 2.75) is 20.1 Å². The first-order chi connectivity index (χ1) is 10.2. The molecule has 21 heavy (non-hydrogen) atoms. The molecule has 2 rings (SSSR count). The second-order valence-electron chi connectivity index (χ2n) is 4.60. The first-order valence-corrected chi connectivity index (χ1v) is 6.88. The third kappa shape index (κ3) is 4.33. The first-order valence-electron chi connectivity index (χ1n) is 6.88. The highest BCUT2D eigenvalue weighted by atomic mass is 16.5. The van der Waals surface area contributed by atoms with Crippen LogP contribution < -0.4 is 10.5 Å². The van der Waals surface area contributed by atoms with Gasteiger partial charge in [0.15, 0.2) is 0 Å². The molecule has 4 heteroatoms. The molecular weight excluding hydrogens is 266 g/mol. The lowest BCUT2D eigenvalue weighted by Crippen LogP contribution is -2.12. The smallest absolute Gasteiger partial charge is 0.248 e. The van der Waals surface area contributed by atoms with E-state index in [1.54, 1.807) is 18.2 Å². The SMILES string of the molecule is CCOc1ccc(C(N)=O)cc1COCc1ccccc1. The van der Waals surface area contributed by atoms with Gasteiger partial charge < -0.3 is 15.2 Å². The number of ether oxygens (including phenoxy) is 2. The van der Waals surface area contributed by atoms with Gasteiger partial charge in [0.2, 0.25) is 5.91 Å². The van der Waals surface area contributed by atoms with Crippen LogP contribution in [0.25, 0.3) is 0 Å². The zero-order valence-electron chi connectivity index (χ0n) is 12.0. The van der Waals surface area contributed by atoms with Crippen LogP contribution >= 0.6 is 0 Å². The molecular formula is C17H19NO3. The molecule has 0 aliphatic rings. The van der Waals surface area contributed by atoms with Gasteiger partial charge >= 0.3 is 0 Å². The molecule has 0 aromatic heterocycles. The third-order valence-corrected chi connectivity index (χ3v) is 3.01. The highest BCUT2D eigenvalue weighted by Crippen LogP contribution is 2.21. The predicted molar refractivity (Wildman–Crippen MR) is 81.1 cm³/mol. The number of benzene rings is 2. The van der Waals surface area contributed by atoms with Crippen LogP contribution in [-0.2, 0) is 18.0 Å². The van der Waals surface area contributed by atoms with Crippen LogP contribution in [0.5, 0.6) is 5.75 Å². The summed E-state index contributed by atoms with van der Waals surface area (Å²) in [4.78, 5) is 11.3. The second kappa shape index (κ2) is 7.45. The number of amides is 1. The van der Waals surface area contributed by atoms with Crippen molar-refractivity contribution >= 4 is 5.91 Å². The fourth-order valence-corrected chi connectivity index (χ4v) is 1.99. The van der Waals surface area contributed by atoms with Crippen LogP contribution in [0.1, 0.15) is 28.4 Å². The van der Waals surface area contributed by atoms with E-state index in [0.29, 0.717) is 25.4 Å². The molecule has 4 nitrogen and oxygen atoms in total. The minimum Gasteiger partial charge on any atom is -0.494 e. The zero-order chi connectivity index (χ0) is 15.1. The molecule has 0 aliphatic carbocycles. The van der Waals surface area contributed by atoms with Gasteiger partial charge in [-0.1, -0.05) is 30.3 Å². The topological polar surface area (TPSA) is 61.5 Å².